The van der Waals surface area contributed by atoms with Crippen LogP contribution in [0, 0.1) is 0 Å². The van der Waals surface area contributed by atoms with E-state index in [0.717, 1.165) is 51.4 Å². The first-order chi connectivity index (χ1) is 9.20. The van der Waals surface area contributed by atoms with Gasteiger partial charge in [-0.1, -0.05) is 39.5 Å². The number of hydrogen-bond donors (Lipinski definition) is 2. The second-order valence-corrected chi connectivity index (χ2v) is 4.84. The molecule has 0 rings (SSSR count). The van der Waals surface area contributed by atoms with Gasteiger partial charge in [-0.2, -0.15) is 0 Å². The van der Waals surface area contributed by atoms with Crippen LogP contribution in [0.1, 0.15) is 65.2 Å². The first-order valence-electron chi connectivity index (χ1n) is 7.54. The van der Waals surface area contributed by atoms with E-state index in [2.05, 4.69) is 13.8 Å². The Labute approximate surface area is 118 Å². The largest absolute Gasteiger partial charge is 0.513 e. The summed E-state index contributed by atoms with van der Waals surface area (Å²) >= 11 is 0. The number of aliphatic hydroxyl groups excluding tert-OH is 2. The first-order valence-corrected chi connectivity index (χ1v) is 7.54. The van der Waals surface area contributed by atoms with Gasteiger partial charge in [-0.25, -0.2) is 0 Å². The second-order valence-electron chi connectivity index (χ2n) is 4.84. The minimum absolute atomic E-state index is 0.400. The van der Waals surface area contributed by atoms with Crippen LogP contribution in [0.5, 0.6) is 0 Å². The lowest BCUT2D eigenvalue weighted by Crippen LogP contribution is -1.95. The van der Waals surface area contributed by atoms with Crippen LogP contribution < -0.4 is 0 Å². The van der Waals surface area contributed by atoms with Crippen LogP contribution in [0.15, 0.2) is 23.7 Å². The van der Waals surface area contributed by atoms with Gasteiger partial charge in [-0.05, 0) is 25.0 Å². The van der Waals surface area contributed by atoms with Crippen molar-refractivity contribution in [3.05, 3.63) is 23.7 Å². The van der Waals surface area contributed by atoms with Gasteiger partial charge in [-0.15, -0.1) is 0 Å². The van der Waals surface area contributed by atoms with Crippen LogP contribution in [0.25, 0.3) is 0 Å². The van der Waals surface area contributed by atoms with Crippen molar-refractivity contribution in [3.63, 3.8) is 0 Å². The molecule has 0 aliphatic rings. The Morgan fingerprint density at radius 1 is 0.789 bits per heavy atom. The van der Waals surface area contributed by atoms with Crippen LogP contribution >= 0.6 is 0 Å². The predicted octanol–water partition coefficient (Wildman–Crippen LogP) is 5.05. The van der Waals surface area contributed by atoms with E-state index in [9.17, 15) is 10.2 Å². The zero-order valence-electron chi connectivity index (χ0n) is 12.5. The van der Waals surface area contributed by atoms with E-state index in [0.29, 0.717) is 24.7 Å². The van der Waals surface area contributed by atoms with E-state index in [1.807, 2.05) is 0 Å². The lowest BCUT2D eigenvalue weighted by atomic mass is 10.2. The predicted molar refractivity (Wildman–Crippen MR) is 80.5 cm³/mol. The van der Waals surface area contributed by atoms with E-state index in [1.54, 1.807) is 12.2 Å². The third kappa shape index (κ3) is 13.3. The zero-order valence-corrected chi connectivity index (χ0v) is 12.5. The maximum atomic E-state index is 9.54. The highest BCUT2D eigenvalue weighted by Crippen LogP contribution is 2.07. The summed E-state index contributed by atoms with van der Waals surface area (Å²) in [6, 6.07) is 0. The summed E-state index contributed by atoms with van der Waals surface area (Å²) in [5.74, 6) is 0.814. The number of ether oxygens (including phenoxy) is 1. The van der Waals surface area contributed by atoms with Gasteiger partial charge in [0.25, 0.3) is 0 Å². The van der Waals surface area contributed by atoms with Crippen LogP contribution in [0.4, 0.5) is 0 Å². The minimum Gasteiger partial charge on any atom is -0.513 e. The highest BCUT2D eigenvalue weighted by atomic mass is 16.5. The molecule has 0 aliphatic carbocycles. The fourth-order valence-electron chi connectivity index (χ4n) is 1.69. The summed E-state index contributed by atoms with van der Waals surface area (Å²) < 4.78 is 5.31. The molecular formula is C16H30O3. The van der Waals surface area contributed by atoms with Crippen molar-refractivity contribution in [2.24, 2.45) is 0 Å². The van der Waals surface area contributed by atoms with Crippen molar-refractivity contribution in [2.45, 2.75) is 65.2 Å². The van der Waals surface area contributed by atoms with Gasteiger partial charge in [0.15, 0.2) is 0 Å². The topological polar surface area (TPSA) is 49.7 Å². The first kappa shape index (κ1) is 18.0. The van der Waals surface area contributed by atoms with Crippen LogP contribution in [0.2, 0.25) is 0 Å². The average molecular weight is 270 g/mol. The summed E-state index contributed by atoms with van der Waals surface area (Å²) in [7, 11) is 0. The number of rotatable bonds is 12. The van der Waals surface area contributed by atoms with Crippen LogP contribution in [0.3, 0.4) is 0 Å². The molecule has 0 aromatic carbocycles. The molecule has 0 saturated heterocycles. The van der Waals surface area contributed by atoms with Gasteiger partial charge in [0, 0.05) is 12.8 Å². The van der Waals surface area contributed by atoms with E-state index >= 15 is 0 Å². The van der Waals surface area contributed by atoms with Crippen molar-refractivity contribution in [2.75, 3.05) is 13.2 Å². The molecular weight excluding hydrogens is 240 g/mol. The molecule has 3 nitrogen and oxygen atoms in total. The quantitative estimate of drug-likeness (QED) is 0.385. The van der Waals surface area contributed by atoms with Crippen LogP contribution in [-0.2, 0) is 4.74 Å². The number of unbranched alkanes of at least 4 members (excludes halogenated alkanes) is 4. The smallest absolute Gasteiger partial charge is 0.0905 e. The van der Waals surface area contributed by atoms with Gasteiger partial charge >= 0.3 is 0 Å². The molecule has 2 N–H and O–H groups in total. The van der Waals surface area contributed by atoms with Gasteiger partial charge in [0.2, 0.25) is 0 Å². The normalized spacial score (nSPS) is 12.9. The Bertz CT molecular complexity index is 231. The van der Waals surface area contributed by atoms with Gasteiger partial charge in [-0.3, -0.25) is 0 Å². The standard InChI is InChI=1S/C16H30O3/c1-3-5-7-9-15(17)11-13-19-14-12-16(18)10-8-6-4-2/h11-12,17-18H,3-10,13-14H2,1-2H3. The molecule has 0 radical (unpaired) electrons. The van der Waals surface area contributed by atoms with E-state index in [1.165, 1.54) is 0 Å². The van der Waals surface area contributed by atoms with Crippen molar-refractivity contribution in [1.29, 1.82) is 0 Å². The van der Waals surface area contributed by atoms with Crippen molar-refractivity contribution < 1.29 is 14.9 Å². The Morgan fingerprint density at radius 3 is 1.58 bits per heavy atom. The highest BCUT2D eigenvalue weighted by Gasteiger charge is 1.95. The monoisotopic (exact) mass is 270 g/mol. The Kier molecular flexibility index (Phi) is 12.8. The van der Waals surface area contributed by atoms with E-state index in [-0.39, 0.29) is 0 Å². The van der Waals surface area contributed by atoms with Crippen molar-refractivity contribution in [1.82, 2.24) is 0 Å². The van der Waals surface area contributed by atoms with Crippen molar-refractivity contribution in [3.8, 4) is 0 Å². The molecule has 0 aromatic heterocycles. The van der Waals surface area contributed by atoms with E-state index < -0.39 is 0 Å². The summed E-state index contributed by atoms with van der Waals surface area (Å²) in [5.41, 5.74) is 0. The van der Waals surface area contributed by atoms with Gasteiger partial charge in [0.05, 0.1) is 24.7 Å². The molecule has 0 fully saturated rings. The Morgan fingerprint density at radius 2 is 1.21 bits per heavy atom. The third-order valence-electron chi connectivity index (χ3n) is 2.95. The third-order valence-corrected chi connectivity index (χ3v) is 2.95. The fraction of sp³-hybridized carbons (Fsp3) is 0.750. The summed E-state index contributed by atoms with van der Waals surface area (Å²) in [6.45, 7) is 5.08. The summed E-state index contributed by atoms with van der Waals surface area (Å²) in [4.78, 5) is 0. The maximum absolute atomic E-state index is 9.54. The molecule has 0 spiro atoms. The molecule has 0 unspecified atom stereocenters. The SMILES string of the molecule is CCCCCC(O)=CCOCC=C(O)CCCCC. The van der Waals surface area contributed by atoms with Crippen molar-refractivity contribution >= 4 is 0 Å². The highest BCUT2D eigenvalue weighted by molar-refractivity contribution is 4.93. The molecule has 0 amide bonds. The lowest BCUT2D eigenvalue weighted by molar-refractivity contribution is 0.186. The van der Waals surface area contributed by atoms with Crippen LogP contribution in [-0.4, -0.2) is 23.4 Å². The van der Waals surface area contributed by atoms with Gasteiger partial charge < -0.3 is 14.9 Å². The molecule has 0 aliphatic heterocycles. The molecule has 0 bridgehead atoms. The maximum Gasteiger partial charge on any atom is 0.0905 e. The molecule has 0 atom stereocenters. The summed E-state index contributed by atoms with van der Waals surface area (Å²) in [5, 5.41) is 19.1. The molecule has 0 heterocycles. The lowest BCUT2D eigenvalue weighted by Gasteiger charge is -2.02. The van der Waals surface area contributed by atoms with E-state index in [4.69, 9.17) is 4.74 Å². The molecule has 0 aromatic rings. The zero-order chi connectivity index (χ0) is 14.3. The summed E-state index contributed by atoms with van der Waals surface area (Å²) in [6.07, 6.45) is 11.5. The number of hydrogen-bond acceptors (Lipinski definition) is 3. The Balaban J connectivity index is 3.56. The Hall–Kier alpha value is -0.960. The van der Waals surface area contributed by atoms with Gasteiger partial charge in [0.1, 0.15) is 0 Å². The minimum atomic E-state index is 0.400. The molecule has 112 valence electrons. The second kappa shape index (κ2) is 13.5. The number of allylic oxidation sites excluding steroid dienone is 2. The number of aliphatic hydroxyl groups is 2. The molecule has 3 heteroatoms. The average Bonchev–Trinajstić information content (AvgIpc) is 2.39. The molecule has 0 saturated carbocycles. The molecule has 19 heavy (non-hydrogen) atoms. The fourth-order valence-corrected chi connectivity index (χ4v) is 1.69.